The second-order valence-electron chi connectivity index (χ2n) is 16.0. The Balaban J connectivity index is 1.36. The van der Waals surface area contributed by atoms with Crippen molar-refractivity contribution in [2.24, 2.45) is 23.2 Å². The molecule has 0 radical (unpaired) electrons. The fraction of sp³-hybridized carbons (Fsp3) is 0.730. The average molecular weight is 697 g/mol. The predicted molar refractivity (Wildman–Crippen MR) is 187 cm³/mol. The summed E-state index contributed by atoms with van der Waals surface area (Å²) in [6.07, 6.45) is 8.31. The molecule has 50 heavy (non-hydrogen) atoms. The largest absolute Gasteiger partial charge is 0.381 e. The number of amides is 5. The highest BCUT2D eigenvalue weighted by molar-refractivity contribution is 5.98. The van der Waals surface area contributed by atoms with Gasteiger partial charge in [0.25, 0.3) is 11.8 Å². The van der Waals surface area contributed by atoms with Gasteiger partial charge in [-0.2, -0.15) is 0 Å². The van der Waals surface area contributed by atoms with Crippen molar-refractivity contribution in [3.8, 4) is 0 Å². The van der Waals surface area contributed by atoms with E-state index in [1.165, 1.54) is 18.2 Å². The lowest BCUT2D eigenvalue weighted by molar-refractivity contribution is -0.146. The van der Waals surface area contributed by atoms with Gasteiger partial charge in [-0.3, -0.25) is 28.8 Å². The van der Waals surface area contributed by atoms with Crippen LogP contribution in [0.4, 0.5) is 0 Å². The van der Waals surface area contributed by atoms with Crippen LogP contribution in [0.15, 0.2) is 23.0 Å². The molecule has 4 aliphatic rings. The molecule has 3 saturated carbocycles. The van der Waals surface area contributed by atoms with Crippen molar-refractivity contribution < 1.29 is 29.1 Å². The smallest absolute Gasteiger partial charge is 0.268 e. The number of pyridine rings is 1. The van der Waals surface area contributed by atoms with Gasteiger partial charge in [0.2, 0.25) is 23.3 Å². The maximum absolute atomic E-state index is 14.6. The zero-order chi connectivity index (χ0) is 36.2. The Hall–Kier alpha value is -3.74. The number of carbonyl (C=O) groups excluding carboxylic acids is 5. The normalized spacial score (nSPS) is 24.7. The van der Waals surface area contributed by atoms with E-state index in [1.54, 1.807) is 4.90 Å². The predicted octanol–water partition coefficient (Wildman–Crippen LogP) is 2.14. The summed E-state index contributed by atoms with van der Waals surface area (Å²) in [6, 6.07) is 0.774. The van der Waals surface area contributed by atoms with Gasteiger partial charge in [0.15, 0.2) is 6.10 Å². The zero-order valence-corrected chi connectivity index (χ0v) is 30.0. The number of fused-ring (bicyclic) bond motifs is 1. The summed E-state index contributed by atoms with van der Waals surface area (Å²) in [5, 5.41) is 22.6. The molecule has 1 saturated heterocycles. The molecule has 0 bridgehead atoms. The highest BCUT2D eigenvalue weighted by Gasteiger charge is 2.52. The first kappa shape index (κ1) is 37.5. The second-order valence-corrected chi connectivity index (χ2v) is 16.0. The van der Waals surface area contributed by atoms with E-state index in [0.29, 0.717) is 19.4 Å². The summed E-state index contributed by atoms with van der Waals surface area (Å²) in [6.45, 7) is 7.86. The van der Waals surface area contributed by atoms with Crippen LogP contribution in [0.3, 0.4) is 0 Å². The quantitative estimate of drug-likeness (QED) is 0.182. The SMILES string of the molecule is CCC[C@H](NC(=O)[C@@H]1[C@H]2CCC[C@H]2CN1C(=O)[C@@H](NC(=O)[C@@H](NC(=O)c1cccc(=O)[nH]1)C1CCCCC1)C(C)(C)C)C(O)C(=O)NC1CC1. The monoisotopic (exact) mass is 696 g/mol. The number of aromatic nitrogens is 1. The number of carbonyl (C=O) groups is 5. The lowest BCUT2D eigenvalue weighted by Crippen LogP contribution is -2.62. The van der Waals surface area contributed by atoms with E-state index in [1.807, 2.05) is 27.7 Å². The summed E-state index contributed by atoms with van der Waals surface area (Å²) >= 11 is 0. The van der Waals surface area contributed by atoms with Gasteiger partial charge in [0.05, 0.1) is 6.04 Å². The van der Waals surface area contributed by atoms with Crippen LogP contribution in [0, 0.1) is 23.2 Å². The summed E-state index contributed by atoms with van der Waals surface area (Å²) in [4.78, 5) is 85.0. The van der Waals surface area contributed by atoms with Crippen molar-refractivity contribution in [2.75, 3.05) is 6.54 Å². The molecule has 7 atom stereocenters. The van der Waals surface area contributed by atoms with Gasteiger partial charge in [0, 0.05) is 18.7 Å². The van der Waals surface area contributed by atoms with E-state index in [9.17, 15) is 33.9 Å². The van der Waals surface area contributed by atoms with Crippen LogP contribution in [0.2, 0.25) is 0 Å². The minimum absolute atomic E-state index is 0.0449. The number of aliphatic hydroxyl groups is 1. The van der Waals surface area contributed by atoms with Crippen molar-refractivity contribution in [1.82, 2.24) is 31.2 Å². The summed E-state index contributed by atoms with van der Waals surface area (Å²) < 4.78 is 0. The van der Waals surface area contributed by atoms with Crippen LogP contribution in [-0.4, -0.2) is 87.4 Å². The minimum atomic E-state index is -1.41. The van der Waals surface area contributed by atoms with Gasteiger partial charge >= 0.3 is 0 Å². The van der Waals surface area contributed by atoms with Crippen LogP contribution in [0.25, 0.3) is 0 Å². The van der Waals surface area contributed by atoms with Crippen LogP contribution in [0.5, 0.6) is 0 Å². The summed E-state index contributed by atoms with van der Waals surface area (Å²) in [5.41, 5.74) is -1.14. The number of nitrogens with one attached hydrogen (secondary N) is 5. The third-order valence-corrected chi connectivity index (χ3v) is 11.0. The van der Waals surface area contributed by atoms with Crippen molar-refractivity contribution >= 4 is 29.5 Å². The number of aromatic amines is 1. The number of H-pyrrole nitrogens is 1. The number of rotatable bonds is 13. The van der Waals surface area contributed by atoms with Crippen molar-refractivity contribution in [1.29, 1.82) is 0 Å². The Morgan fingerprint density at radius 1 is 0.920 bits per heavy atom. The van der Waals surface area contributed by atoms with E-state index >= 15 is 0 Å². The van der Waals surface area contributed by atoms with Gasteiger partial charge in [-0.1, -0.05) is 65.9 Å². The third-order valence-electron chi connectivity index (χ3n) is 11.0. The Morgan fingerprint density at radius 2 is 1.64 bits per heavy atom. The topological polar surface area (TPSA) is 190 Å². The fourth-order valence-corrected chi connectivity index (χ4v) is 8.16. The maximum Gasteiger partial charge on any atom is 0.268 e. The number of aliphatic hydroxyl groups excluding tert-OH is 1. The zero-order valence-electron chi connectivity index (χ0n) is 30.0. The molecule has 3 aliphatic carbocycles. The molecule has 1 aromatic rings. The van der Waals surface area contributed by atoms with Gasteiger partial charge in [0.1, 0.15) is 23.8 Å². The van der Waals surface area contributed by atoms with E-state index in [0.717, 1.165) is 64.2 Å². The Bertz CT molecular complexity index is 1460. The highest BCUT2D eigenvalue weighted by Crippen LogP contribution is 2.43. The lowest BCUT2D eigenvalue weighted by atomic mass is 9.82. The first-order valence-electron chi connectivity index (χ1n) is 18.7. The summed E-state index contributed by atoms with van der Waals surface area (Å²) in [5.74, 6) is -2.43. The van der Waals surface area contributed by atoms with Crippen LogP contribution >= 0.6 is 0 Å². The second kappa shape index (κ2) is 16.1. The number of hydrogen-bond donors (Lipinski definition) is 6. The van der Waals surface area contributed by atoms with Crippen LogP contribution in [0.1, 0.15) is 115 Å². The molecule has 0 aromatic carbocycles. The molecule has 13 nitrogen and oxygen atoms in total. The molecule has 0 spiro atoms. The maximum atomic E-state index is 14.6. The van der Waals surface area contributed by atoms with E-state index in [2.05, 4.69) is 26.3 Å². The Kier molecular flexibility index (Phi) is 12.1. The molecule has 4 fully saturated rings. The molecule has 1 unspecified atom stereocenters. The standard InChI is InChI=1S/C37H56N6O7/c1-5-11-25(30(45)35(49)38-23-18-19-23)40-34(48)29-24-15-9-14-22(24)20-43(29)36(50)31(37(2,3)4)42-33(47)28(21-12-7-6-8-13-21)41-32(46)26-16-10-17-27(44)39-26/h10,16-17,21-25,28-31,45H,5-9,11-15,18-20H2,1-4H3,(H,38,49)(H,39,44)(H,40,48)(H,41,46)(H,42,47)/t22-,24-,25-,28-,29-,30?,31+/m0/s1. The summed E-state index contributed by atoms with van der Waals surface area (Å²) in [7, 11) is 0. The molecule has 6 N–H and O–H groups in total. The number of nitrogens with zero attached hydrogens (tertiary/aromatic N) is 1. The molecular formula is C37H56N6O7. The van der Waals surface area contributed by atoms with Crippen molar-refractivity contribution in [3.05, 3.63) is 34.2 Å². The third kappa shape index (κ3) is 8.94. The average Bonchev–Trinajstić information content (AvgIpc) is 3.65. The lowest BCUT2D eigenvalue weighted by Gasteiger charge is -2.38. The molecule has 1 aromatic heterocycles. The van der Waals surface area contributed by atoms with Crippen LogP contribution < -0.4 is 26.8 Å². The van der Waals surface area contributed by atoms with E-state index in [-0.39, 0.29) is 35.4 Å². The van der Waals surface area contributed by atoms with Crippen LogP contribution in [-0.2, 0) is 19.2 Å². The first-order chi connectivity index (χ1) is 23.8. The van der Waals surface area contributed by atoms with E-state index < -0.39 is 64.9 Å². The Morgan fingerprint density at radius 3 is 2.28 bits per heavy atom. The molecule has 2 heterocycles. The van der Waals surface area contributed by atoms with Crippen molar-refractivity contribution in [2.45, 2.75) is 141 Å². The molecule has 13 heteroatoms. The molecule has 276 valence electrons. The molecule has 5 amide bonds. The first-order valence-corrected chi connectivity index (χ1v) is 18.7. The fourth-order valence-electron chi connectivity index (χ4n) is 8.16. The molecular weight excluding hydrogens is 640 g/mol. The van der Waals surface area contributed by atoms with Gasteiger partial charge in [-0.05, 0) is 74.2 Å². The highest BCUT2D eigenvalue weighted by atomic mass is 16.3. The molecule has 5 rings (SSSR count). The van der Waals surface area contributed by atoms with Gasteiger partial charge in [-0.25, -0.2) is 0 Å². The molecule has 1 aliphatic heterocycles. The number of likely N-dealkylation sites (tertiary alicyclic amines) is 1. The minimum Gasteiger partial charge on any atom is -0.381 e. The Labute approximate surface area is 294 Å². The van der Waals surface area contributed by atoms with Gasteiger partial charge < -0.3 is 36.3 Å². The van der Waals surface area contributed by atoms with E-state index in [4.69, 9.17) is 0 Å². The van der Waals surface area contributed by atoms with Gasteiger partial charge in [-0.15, -0.1) is 0 Å². The number of hydrogen-bond acceptors (Lipinski definition) is 7. The van der Waals surface area contributed by atoms with Crippen molar-refractivity contribution in [3.63, 3.8) is 0 Å².